The largest absolute Gasteiger partial charge is 0.349 e. The molecule has 0 aliphatic heterocycles. The third-order valence-electron chi connectivity index (χ3n) is 4.59. The molecule has 5 nitrogen and oxygen atoms in total. The van der Waals surface area contributed by atoms with Crippen LogP contribution in [0.3, 0.4) is 0 Å². The van der Waals surface area contributed by atoms with Crippen LogP contribution in [0.25, 0.3) is 11.6 Å². The molecule has 0 saturated heterocycles. The van der Waals surface area contributed by atoms with Crippen molar-refractivity contribution in [2.75, 3.05) is 11.9 Å². The van der Waals surface area contributed by atoms with Gasteiger partial charge in [-0.05, 0) is 72.4 Å². The molecule has 29 heavy (non-hydrogen) atoms. The summed E-state index contributed by atoms with van der Waals surface area (Å²) in [4.78, 5) is 27.1. The number of nitrogens with one attached hydrogen (secondary N) is 2. The van der Waals surface area contributed by atoms with E-state index in [1.165, 1.54) is 24.1 Å². The summed E-state index contributed by atoms with van der Waals surface area (Å²) in [6.45, 7) is 8.01. The number of aromatic nitrogens is 1. The van der Waals surface area contributed by atoms with Crippen LogP contribution < -0.4 is 10.6 Å². The van der Waals surface area contributed by atoms with Crippen LogP contribution >= 0.6 is 11.6 Å². The van der Waals surface area contributed by atoms with Gasteiger partial charge in [0.15, 0.2) is 0 Å². The SMILES string of the molecule is CC(=O)Nc1ccc(C=CC(=O)NCC=C(C)c2ccc(C)c(CCl)c2C)cn1. The molecular weight excluding hydrogens is 386 g/mol. The number of nitrogens with zero attached hydrogens (tertiary/aromatic N) is 1. The van der Waals surface area contributed by atoms with Gasteiger partial charge in [-0.3, -0.25) is 9.59 Å². The summed E-state index contributed by atoms with van der Waals surface area (Å²) >= 11 is 6.07. The molecule has 1 heterocycles. The van der Waals surface area contributed by atoms with E-state index in [4.69, 9.17) is 11.6 Å². The summed E-state index contributed by atoms with van der Waals surface area (Å²) in [5, 5.41) is 5.44. The number of carbonyl (C=O) groups is 2. The van der Waals surface area contributed by atoms with E-state index in [-0.39, 0.29) is 11.8 Å². The van der Waals surface area contributed by atoms with Gasteiger partial charge in [-0.2, -0.15) is 0 Å². The number of hydrogen-bond donors (Lipinski definition) is 2. The molecule has 2 amide bonds. The number of benzene rings is 1. The monoisotopic (exact) mass is 411 g/mol. The highest BCUT2D eigenvalue weighted by molar-refractivity contribution is 6.17. The van der Waals surface area contributed by atoms with Gasteiger partial charge in [0.25, 0.3) is 0 Å². The van der Waals surface area contributed by atoms with Gasteiger partial charge in [-0.1, -0.05) is 18.2 Å². The molecule has 0 spiro atoms. The lowest BCUT2D eigenvalue weighted by atomic mass is 9.94. The summed E-state index contributed by atoms with van der Waals surface area (Å²) in [6.07, 6.45) is 6.72. The predicted octanol–water partition coefficient (Wildman–Crippen LogP) is 4.63. The smallest absolute Gasteiger partial charge is 0.244 e. The first kappa shape index (κ1) is 22.4. The van der Waals surface area contributed by atoms with E-state index < -0.39 is 0 Å². The Morgan fingerprint density at radius 1 is 1.14 bits per heavy atom. The van der Waals surface area contributed by atoms with E-state index in [0.29, 0.717) is 18.2 Å². The van der Waals surface area contributed by atoms with Crippen molar-refractivity contribution in [2.45, 2.75) is 33.6 Å². The Morgan fingerprint density at radius 3 is 2.52 bits per heavy atom. The average molecular weight is 412 g/mol. The molecule has 0 fully saturated rings. The van der Waals surface area contributed by atoms with Gasteiger partial charge in [-0.15, -0.1) is 11.6 Å². The van der Waals surface area contributed by atoms with E-state index in [9.17, 15) is 9.59 Å². The van der Waals surface area contributed by atoms with Gasteiger partial charge in [0.2, 0.25) is 11.8 Å². The van der Waals surface area contributed by atoms with Gasteiger partial charge < -0.3 is 10.6 Å². The molecule has 0 saturated carbocycles. The predicted molar refractivity (Wildman–Crippen MR) is 120 cm³/mol. The number of alkyl halides is 1. The van der Waals surface area contributed by atoms with Gasteiger partial charge in [0.1, 0.15) is 5.82 Å². The first-order chi connectivity index (χ1) is 13.8. The van der Waals surface area contributed by atoms with Crippen molar-refractivity contribution >= 4 is 40.9 Å². The molecule has 0 atom stereocenters. The molecule has 0 unspecified atom stereocenters. The topological polar surface area (TPSA) is 71.1 Å². The van der Waals surface area contributed by atoms with Crippen LogP contribution in [-0.4, -0.2) is 23.3 Å². The Bertz CT molecular complexity index is 947. The van der Waals surface area contributed by atoms with Crippen molar-refractivity contribution in [3.8, 4) is 0 Å². The molecule has 2 aromatic rings. The van der Waals surface area contributed by atoms with Crippen LogP contribution in [0.15, 0.2) is 42.6 Å². The second kappa shape index (κ2) is 10.6. The number of amides is 2. The molecule has 1 aromatic carbocycles. The number of aryl methyl sites for hydroxylation is 1. The fourth-order valence-corrected chi connectivity index (χ4v) is 3.34. The summed E-state index contributed by atoms with van der Waals surface area (Å²) in [5.74, 6) is 0.592. The molecule has 0 radical (unpaired) electrons. The minimum Gasteiger partial charge on any atom is -0.349 e. The molecule has 2 rings (SSSR count). The molecule has 2 N–H and O–H groups in total. The molecule has 0 aliphatic carbocycles. The minimum atomic E-state index is -0.193. The Labute approximate surface area is 176 Å². The van der Waals surface area contributed by atoms with Crippen molar-refractivity contribution in [2.24, 2.45) is 0 Å². The van der Waals surface area contributed by atoms with E-state index in [1.807, 2.05) is 13.0 Å². The highest BCUT2D eigenvalue weighted by Crippen LogP contribution is 2.25. The molecule has 6 heteroatoms. The second-order valence-corrected chi connectivity index (χ2v) is 7.06. The fourth-order valence-electron chi connectivity index (χ4n) is 2.93. The molecule has 1 aromatic heterocycles. The molecule has 152 valence electrons. The number of hydrogen-bond acceptors (Lipinski definition) is 3. The normalized spacial score (nSPS) is 11.6. The standard InChI is InChI=1S/C23H26ClN3O2/c1-15-5-8-20(17(3)21(15)13-24)16(2)11-12-25-23(29)10-7-19-6-9-22(26-14-19)27-18(4)28/h5-11,14H,12-13H2,1-4H3,(H,25,29)(H,26,27,28). The number of anilines is 1. The summed E-state index contributed by atoms with van der Waals surface area (Å²) in [5.41, 5.74) is 6.52. The summed E-state index contributed by atoms with van der Waals surface area (Å²) < 4.78 is 0. The zero-order valence-electron chi connectivity index (χ0n) is 17.2. The van der Waals surface area contributed by atoms with Crippen LogP contribution in [0.5, 0.6) is 0 Å². The Kier molecular flexibility index (Phi) is 8.16. The van der Waals surface area contributed by atoms with Gasteiger partial charge in [-0.25, -0.2) is 4.98 Å². The Hall–Kier alpha value is -2.92. The van der Waals surface area contributed by atoms with E-state index >= 15 is 0 Å². The van der Waals surface area contributed by atoms with E-state index in [1.54, 1.807) is 24.4 Å². The van der Waals surface area contributed by atoms with Crippen molar-refractivity contribution in [1.82, 2.24) is 10.3 Å². The van der Waals surface area contributed by atoms with Crippen LogP contribution in [-0.2, 0) is 15.5 Å². The molecule has 0 aliphatic rings. The third-order valence-corrected chi connectivity index (χ3v) is 4.86. The number of rotatable bonds is 7. The third kappa shape index (κ3) is 6.57. The lowest BCUT2D eigenvalue weighted by Gasteiger charge is -2.13. The molecule has 0 bridgehead atoms. The van der Waals surface area contributed by atoms with Crippen molar-refractivity contribution < 1.29 is 9.59 Å². The first-order valence-corrected chi connectivity index (χ1v) is 9.87. The molecular formula is C23H26ClN3O2. The highest BCUT2D eigenvalue weighted by Gasteiger charge is 2.07. The number of pyridine rings is 1. The van der Waals surface area contributed by atoms with Crippen molar-refractivity contribution in [3.63, 3.8) is 0 Å². The van der Waals surface area contributed by atoms with Gasteiger partial charge in [0, 0.05) is 31.6 Å². The van der Waals surface area contributed by atoms with Gasteiger partial charge >= 0.3 is 0 Å². The maximum atomic E-state index is 12.0. The quantitative estimate of drug-likeness (QED) is 0.515. The highest BCUT2D eigenvalue weighted by atomic mass is 35.5. The number of allylic oxidation sites excluding steroid dienone is 1. The number of halogens is 1. The average Bonchev–Trinajstić information content (AvgIpc) is 2.67. The minimum absolute atomic E-state index is 0.178. The van der Waals surface area contributed by atoms with Crippen LogP contribution in [0.1, 0.15) is 41.7 Å². The summed E-state index contributed by atoms with van der Waals surface area (Å²) in [7, 11) is 0. The lowest BCUT2D eigenvalue weighted by molar-refractivity contribution is -0.116. The van der Waals surface area contributed by atoms with Crippen LogP contribution in [0, 0.1) is 13.8 Å². The van der Waals surface area contributed by atoms with Crippen molar-refractivity contribution in [1.29, 1.82) is 0 Å². The maximum Gasteiger partial charge on any atom is 0.244 e. The first-order valence-electron chi connectivity index (χ1n) is 9.33. The maximum absolute atomic E-state index is 12.0. The van der Waals surface area contributed by atoms with Crippen LogP contribution in [0.4, 0.5) is 5.82 Å². The second-order valence-electron chi connectivity index (χ2n) is 6.79. The Balaban J connectivity index is 1.93. The lowest BCUT2D eigenvalue weighted by Crippen LogP contribution is -2.20. The summed E-state index contributed by atoms with van der Waals surface area (Å²) in [6, 6.07) is 7.63. The number of carbonyl (C=O) groups excluding carboxylic acids is 2. The van der Waals surface area contributed by atoms with E-state index in [0.717, 1.165) is 22.3 Å². The van der Waals surface area contributed by atoms with E-state index in [2.05, 4.69) is 41.6 Å². The zero-order chi connectivity index (χ0) is 21.4. The fraction of sp³-hybridized carbons (Fsp3) is 0.261. The van der Waals surface area contributed by atoms with Crippen molar-refractivity contribution in [3.05, 3.63) is 70.4 Å². The Morgan fingerprint density at radius 2 is 1.90 bits per heavy atom. The zero-order valence-corrected chi connectivity index (χ0v) is 17.9. The van der Waals surface area contributed by atoms with Crippen LogP contribution in [0.2, 0.25) is 0 Å². The van der Waals surface area contributed by atoms with Gasteiger partial charge in [0.05, 0.1) is 0 Å².